The van der Waals surface area contributed by atoms with Crippen LogP contribution in [0, 0.1) is 5.92 Å². The number of hydrogen-bond donors (Lipinski definition) is 0. The van der Waals surface area contributed by atoms with Crippen LogP contribution in [0.1, 0.15) is 46.0 Å². The van der Waals surface area contributed by atoms with E-state index in [0.717, 1.165) is 13.0 Å². The summed E-state index contributed by atoms with van der Waals surface area (Å²) < 4.78 is 0. The summed E-state index contributed by atoms with van der Waals surface area (Å²) in [6.45, 7) is 5.25. The molecule has 0 N–H and O–H groups in total. The van der Waals surface area contributed by atoms with Gasteiger partial charge in [0, 0.05) is 18.5 Å². The second-order valence-corrected chi connectivity index (χ2v) is 4.97. The third kappa shape index (κ3) is 1.36. The van der Waals surface area contributed by atoms with Gasteiger partial charge in [0.25, 0.3) is 0 Å². The van der Waals surface area contributed by atoms with E-state index in [1.54, 1.807) is 0 Å². The fourth-order valence-electron chi connectivity index (χ4n) is 2.49. The van der Waals surface area contributed by atoms with Crippen LogP contribution in [0.25, 0.3) is 0 Å². The zero-order valence-corrected chi connectivity index (χ0v) is 8.68. The first-order valence-electron chi connectivity index (χ1n) is 5.44. The summed E-state index contributed by atoms with van der Waals surface area (Å²) in [4.78, 5) is 13.9. The molecule has 2 fully saturated rings. The lowest BCUT2D eigenvalue weighted by Gasteiger charge is -2.58. The van der Waals surface area contributed by atoms with Crippen LogP contribution < -0.4 is 0 Å². The lowest BCUT2D eigenvalue weighted by molar-refractivity contribution is -0.156. The first-order valence-corrected chi connectivity index (χ1v) is 5.44. The van der Waals surface area contributed by atoms with Crippen molar-refractivity contribution in [3.8, 4) is 0 Å². The number of carbonyl (C=O) groups excluding carboxylic acids is 1. The van der Waals surface area contributed by atoms with Crippen LogP contribution >= 0.6 is 0 Å². The van der Waals surface area contributed by atoms with Gasteiger partial charge in [0.15, 0.2) is 0 Å². The Morgan fingerprint density at radius 3 is 2.38 bits per heavy atom. The van der Waals surface area contributed by atoms with Gasteiger partial charge in [0.1, 0.15) is 0 Å². The van der Waals surface area contributed by atoms with E-state index in [-0.39, 0.29) is 0 Å². The molecule has 1 amide bonds. The number of amides is 1. The third-order valence-corrected chi connectivity index (χ3v) is 3.54. The Hall–Kier alpha value is -0.530. The normalized spacial score (nSPS) is 24.4. The van der Waals surface area contributed by atoms with Gasteiger partial charge in [-0.15, -0.1) is 0 Å². The Kier molecular flexibility index (Phi) is 2.09. The largest absolute Gasteiger partial charge is 0.337 e. The van der Waals surface area contributed by atoms with Crippen LogP contribution in [0.4, 0.5) is 0 Å². The van der Waals surface area contributed by atoms with Crippen molar-refractivity contribution < 1.29 is 4.79 Å². The lowest BCUT2D eigenvalue weighted by Crippen LogP contribution is -2.65. The molecule has 0 atom stereocenters. The summed E-state index contributed by atoms with van der Waals surface area (Å²) in [7, 11) is 0. The molecule has 0 radical (unpaired) electrons. The first kappa shape index (κ1) is 9.04. The SMILES string of the molecule is CC(C)CC(=O)N1CCC12CCC2. The van der Waals surface area contributed by atoms with Gasteiger partial charge < -0.3 is 4.90 Å². The lowest BCUT2D eigenvalue weighted by atomic mass is 9.67. The monoisotopic (exact) mass is 181 g/mol. The quantitative estimate of drug-likeness (QED) is 0.639. The maximum atomic E-state index is 11.8. The second kappa shape index (κ2) is 3.00. The molecule has 0 aromatic heterocycles. The minimum absolute atomic E-state index is 0.353. The Morgan fingerprint density at radius 2 is 2.08 bits per heavy atom. The van der Waals surface area contributed by atoms with Gasteiger partial charge in [-0.3, -0.25) is 4.79 Å². The molecule has 2 nitrogen and oxygen atoms in total. The Morgan fingerprint density at radius 1 is 1.38 bits per heavy atom. The van der Waals surface area contributed by atoms with Gasteiger partial charge in [-0.25, -0.2) is 0 Å². The maximum Gasteiger partial charge on any atom is 0.223 e. The van der Waals surface area contributed by atoms with Gasteiger partial charge >= 0.3 is 0 Å². The number of carbonyl (C=O) groups is 1. The molecule has 1 aliphatic carbocycles. The predicted molar refractivity (Wildman–Crippen MR) is 52.4 cm³/mol. The maximum absolute atomic E-state index is 11.8. The van der Waals surface area contributed by atoms with E-state index in [2.05, 4.69) is 18.7 Å². The number of rotatable bonds is 2. The van der Waals surface area contributed by atoms with Crippen molar-refractivity contribution >= 4 is 5.91 Å². The van der Waals surface area contributed by atoms with E-state index in [1.165, 1.54) is 25.7 Å². The van der Waals surface area contributed by atoms with Crippen molar-refractivity contribution in [2.75, 3.05) is 6.54 Å². The minimum Gasteiger partial charge on any atom is -0.337 e. The van der Waals surface area contributed by atoms with Gasteiger partial charge in [0.2, 0.25) is 5.91 Å². The van der Waals surface area contributed by atoms with Crippen molar-refractivity contribution in [1.82, 2.24) is 4.90 Å². The molecule has 0 aromatic carbocycles. The van der Waals surface area contributed by atoms with E-state index >= 15 is 0 Å². The van der Waals surface area contributed by atoms with Crippen LogP contribution in [-0.4, -0.2) is 22.9 Å². The summed E-state index contributed by atoms with van der Waals surface area (Å²) in [5.41, 5.74) is 0.353. The average Bonchev–Trinajstić information content (AvgIpc) is 1.77. The van der Waals surface area contributed by atoms with Crippen LogP contribution in [0.15, 0.2) is 0 Å². The zero-order chi connectivity index (χ0) is 9.47. The van der Waals surface area contributed by atoms with Gasteiger partial charge in [-0.1, -0.05) is 13.8 Å². The highest BCUT2D eigenvalue weighted by Crippen LogP contribution is 2.47. The van der Waals surface area contributed by atoms with E-state index < -0.39 is 0 Å². The first-order chi connectivity index (χ1) is 6.14. The summed E-state index contributed by atoms with van der Waals surface area (Å²) in [6.07, 6.45) is 5.84. The van der Waals surface area contributed by atoms with Crippen molar-refractivity contribution in [2.24, 2.45) is 5.92 Å². The van der Waals surface area contributed by atoms with E-state index in [9.17, 15) is 4.79 Å². The molecule has 2 rings (SSSR count). The molecule has 0 unspecified atom stereocenters. The summed E-state index contributed by atoms with van der Waals surface area (Å²) in [5.74, 6) is 0.895. The van der Waals surface area contributed by atoms with Crippen LogP contribution in [0.3, 0.4) is 0 Å². The van der Waals surface area contributed by atoms with E-state index in [4.69, 9.17) is 0 Å². The number of hydrogen-bond acceptors (Lipinski definition) is 1. The smallest absolute Gasteiger partial charge is 0.223 e. The fraction of sp³-hybridized carbons (Fsp3) is 0.909. The standard InChI is InChI=1S/C11H19NO/c1-9(2)8-10(13)12-7-6-11(12)4-3-5-11/h9H,3-8H2,1-2H3. The minimum atomic E-state index is 0.353. The van der Waals surface area contributed by atoms with Gasteiger partial charge in [-0.05, 0) is 31.6 Å². The summed E-state index contributed by atoms with van der Waals surface area (Å²) >= 11 is 0. The zero-order valence-electron chi connectivity index (χ0n) is 8.68. The number of likely N-dealkylation sites (tertiary alicyclic amines) is 1. The van der Waals surface area contributed by atoms with Gasteiger partial charge in [0.05, 0.1) is 0 Å². The molecule has 2 aliphatic rings. The molecule has 1 saturated heterocycles. The Bertz CT molecular complexity index is 213. The van der Waals surface area contributed by atoms with Crippen molar-refractivity contribution in [2.45, 2.75) is 51.5 Å². The fourth-order valence-corrected chi connectivity index (χ4v) is 2.49. The summed E-state index contributed by atoms with van der Waals surface area (Å²) in [5, 5.41) is 0. The topological polar surface area (TPSA) is 20.3 Å². The highest BCUT2D eigenvalue weighted by molar-refractivity contribution is 5.78. The Labute approximate surface area is 80.3 Å². The van der Waals surface area contributed by atoms with Gasteiger partial charge in [-0.2, -0.15) is 0 Å². The van der Waals surface area contributed by atoms with E-state index in [0.29, 0.717) is 17.4 Å². The molecule has 1 saturated carbocycles. The molecule has 2 heteroatoms. The molecule has 1 aliphatic heterocycles. The molecule has 0 aromatic rings. The van der Waals surface area contributed by atoms with Crippen molar-refractivity contribution in [3.05, 3.63) is 0 Å². The van der Waals surface area contributed by atoms with Crippen molar-refractivity contribution in [1.29, 1.82) is 0 Å². The third-order valence-electron chi connectivity index (χ3n) is 3.54. The highest BCUT2D eigenvalue weighted by atomic mass is 16.2. The molecule has 1 spiro atoms. The molecule has 74 valence electrons. The predicted octanol–water partition coefficient (Wildman–Crippen LogP) is 2.19. The molecule has 1 heterocycles. The Balaban J connectivity index is 1.90. The highest BCUT2D eigenvalue weighted by Gasteiger charge is 2.50. The molecular formula is C11H19NO. The van der Waals surface area contributed by atoms with E-state index in [1.807, 2.05) is 0 Å². The molecule has 13 heavy (non-hydrogen) atoms. The summed E-state index contributed by atoms with van der Waals surface area (Å²) in [6, 6.07) is 0. The number of nitrogens with zero attached hydrogens (tertiary/aromatic N) is 1. The van der Waals surface area contributed by atoms with Crippen molar-refractivity contribution in [3.63, 3.8) is 0 Å². The van der Waals surface area contributed by atoms with Crippen LogP contribution in [0.2, 0.25) is 0 Å². The molecule has 0 bridgehead atoms. The average molecular weight is 181 g/mol. The molecular weight excluding hydrogens is 162 g/mol. The van der Waals surface area contributed by atoms with Crippen LogP contribution in [0.5, 0.6) is 0 Å². The van der Waals surface area contributed by atoms with Crippen LogP contribution in [-0.2, 0) is 4.79 Å². The second-order valence-electron chi connectivity index (χ2n) is 4.97.